The fraction of sp³-hybridized carbons (Fsp3) is 0.414. The molecule has 38 heavy (non-hydrogen) atoms. The number of benzene rings is 2. The first-order valence-corrected chi connectivity index (χ1v) is 13.7. The van der Waals surface area contributed by atoms with Crippen molar-refractivity contribution in [1.29, 1.82) is 5.26 Å². The molecule has 0 aromatic heterocycles. The van der Waals surface area contributed by atoms with Crippen LogP contribution in [0.2, 0.25) is 10.0 Å². The Morgan fingerprint density at radius 1 is 1.00 bits per heavy atom. The van der Waals surface area contributed by atoms with Gasteiger partial charge >= 0.3 is 5.70 Å². The fourth-order valence-corrected chi connectivity index (χ4v) is 5.67. The molecule has 2 aromatic carbocycles. The van der Waals surface area contributed by atoms with Gasteiger partial charge in [0, 0.05) is 54.9 Å². The minimum absolute atomic E-state index is 0.0114. The minimum atomic E-state index is -0.0936. The van der Waals surface area contributed by atoms with Crippen LogP contribution in [0.3, 0.4) is 0 Å². The molecule has 4 rings (SSSR count). The summed E-state index contributed by atoms with van der Waals surface area (Å²) < 4.78 is 0. The van der Waals surface area contributed by atoms with Gasteiger partial charge in [0.15, 0.2) is 0 Å². The first-order valence-electron chi connectivity index (χ1n) is 12.9. The van der Waals surface area contributed by atoms with Crippen LogP contribution in [0, 0.1) is 24.8 Å². The third-order valence-corrected chi connectivity index (χ3v) is 7.44. The summed E-state index contributed by atoms with van der Waals surface area (Å²) in [7, 11) is 0. The highest BCUT2D eigenvalue weighted by Gasteiger charge is 2.29. The lowest BCUT2D eigenvalue weighted by Gasteiger charge is -2.27. The highest BCUT2D eigenvalue weighted by molar-refractivity contribution is 6.34. The quantitative estimate of drug-likeness (QED) is 0.320. The average Bonchev–Trinajstić information content (AvgIpc) is 3.27. The van der Waals surface area contributed by atoms with Gasteiger partial charge in [0.2, 0.25) is 5.91 Å². The van der Waals surface area contributed by atoms with Crippen LogP contribution in [0.4, 0.5) is 5.69 Å². The molecule has 0 spiro atoms. The molecule has 7 nitrogen and oxygen atoms in total. The number of amides is 1. The third kappa shape index (κ3) is 7.20. The molecule has 0 atom stereocenters. The Balaban J connectivity index is 1.40. The first-order chi connectivity index (χ1) is 18.4. The molecule has 0 saturated carbocycles. The molecule has 2 heterocycles. The zero-order valence-corrected chi connectivity index (χ0v) is 23.2. The molecule has 198 valence electrons. The number of anilines is 1. The molecule has 2 aromatic rings. The second-order valence-electron chi connectivity index (χ2n) is 9.87. The Kier molecular flexibility index (Phi) is 9.53. The Bertz CT molecular complexity index is 1250. The van der Waals surface area contributed by atoms with Crippen LogP contribution in [0.25, 0.3) is 4.85 Å². The topological polar surface area (TPSA) is 67.0 Å². The van der Waals surface area contributed by atoms with E-state index in [-0.39, 0.29) is 18.0 Å². The number of carbonyl (C=O) groups excluding carboxylic acids is 1. The number of likely N-dealkylation sites (tertiary alicyclic amines) is 1. The van der Waals surface area contributed by atoms with E-state index < -0.39 is 0 Å². The number of carbonyl (C=O) groups is 1. The van der Waals surface area contributed by atoms with E-state index in [1.807, 2.05) is 34.9 Å². The zero-order chi connectivity index (χ0) is 27.1. The van der Waals surface area contributed by atoms with Crippen molar-refractivity contribution in [3.8, 4) is 6.07 Å². The number of rotatable bonds is 8. The van der Waals surface area contributed by atoms with Crippen LogP contribution in [0.15, 0.2) is 47.9 Å². The van der Waals surface area contributed by atoms with Crippen molar-refractivity contribution < 1.29 is 4.79 Å². The first kappa shape index (κ1) is 27.8. The lowest BCUT2D eigenvalue weighted by molar-refractivity contribution is -0.116. The van der Waals surface area contributed by atoms with Crippen molar-refractivity contribution >= 4 is 34.8 Å². The van der Waals surface area contributed by atoms with Crippen molar-refractivity contribution in [2.75, 3.05) is 38.0 Å². The number of aryl methyl sites for hydroxylation is 1. The van der Waals surface area contributed by atoms with Crippen molar-refractivity contribution in [3.63, 3.8) is 0 Å². The Morgan fingerprint density at radius 2 is 1.71 bits per heavy atom. The number of halogens is 2. The van der Waals surface area contributed by atoms with Crippen molar-refractivity contribution in [1.82, 2.24) is 14.7 Å². The molecule has 0 aliphatic carbocycles. The molecule has 0 bridgehead atoms. The van der Waals surface area contributed by atoms with E-state index in [1.165, 1.54) is 24.8 Å². The van der Waals surface area contributed by atoms with Crippen molar-refractivity contribution in [3.05, 3.63) is 86.1 Å². The van der Waals surface area contributed by atoms with Crippen LogP contribution in [0.5, 0.6) is 0 Å². The van der Waals surface area contributed by atoms with E-state index in [0.29, 0.717) is 42.0 Å². The average molecular weight is 552 g/mol. The SMILES string of the molecule is [C-]#[N+]C(C#N)=C1N(CCC(=O)Nc2cc(CN3CCCCC3)ccc2C)CCN1Cc1cc(Cl)cc(Cl)c1. The summed E-state index contributed by atoms with van der Waals surface area (Å²) >= 11 is 12.3. The summed E-state index contributed by atoms with van der Waals surface area (Å²) in [6.45, 7) is 14.8. The Labute approximate surface area is 235 Å². The highest BCUT2D eigenvalue weighted by Crippen LogP contribution is 2.28. The standard InChI is InChI=1S/C29H32Cl2N6O/c1-21-6-7-22(19-35-9-4-3-5-10-35)16-26(21)34-28(38)8-11-36-12-13-37(29(36)27(18-32)33-2)20-23-14-24(30)17-25(31)15-23/h6-7,14-17H,3-5,8-13,19-20H2,1H3,(H,34,38). The van der Waals surface area contributed by atoms with Crippen LogP contribution >= 0.6 is 23.2 Å². The zero-order valence-electron chi connectivity index (χ0n) is 21.6. The number of nitrogens with zero attached hydrogens (tertiary/aromatic N) is 5. The Hall–Kier alpha value is -3.23. The molecule has 0 radical (unpaired) electrons. The summed E-state index contributed by atoms with van der Waals surface area (Å²) in [6.07, 6.45) is 4.03. The van der Waals surface area contributed by atoms with Gasteiger partial charge in [-0.1, -0.05) is 41.8 Å². The van der Waals surface area contributed by atoms with Gasteiger partial charge in [0.25, 0.3) is 0 Å². The van der Waals surface area contributed by atoms with Gasteiger partial charge in [-0.15, -0.1) is 0 Å². The molecule has 1 amide bonds. The third-order valence-electron chi connectivity index (χ3n) is 7.00. The molecule has 2 aliphatic rings. The maximum Gasteiger partial charge on any atom is 0.300 e. The minimum Gasteiger partial charge on any atom is -0.364 e. The van der Waals surface area contributed by atoms with E-state index >= 15 is 0 Å². The summed E-state index contributed by atoms with van der Waals surface area (Å²) in [5.41, 5.74) is 3.96. The van der Waals surface area contributed by atoms with Gasteiger partial charge in [-0.25, -0.2) is 10.1 Å². The number of hydrogen-bond acceptors (Lipinski definition) is 5. The van der Waals surface area contributed by atoms with E-state index in [2.05, 4.69) is 33.3 Å². The number of nitriles is 1. The summed E-state index contributed by atoms with van der Waals surface area (Å²) in [4.78, 5) is 22.8. The summed E-state index contributed by atoms with van der Waals surface area (Å²) in [5.74, 6) is 0.454. The van der Waals surface area contributed by atoms with Gasteiger partial charge in [0.1, 0.15) is 5.82 Å². The van der Waals surface area contributed by atoms with Gasteiger partial charge in [-0.05, 0) is 73.8 Å². The lowest BCUT2D eigenvalue weighted by Crippen LogP contribution is -2.29. The predicted octanol–water partition coefficient (Wildman–Crippen LogP) is 6.05. The van der Waals surface area contributed by atoms with Crippen molar-refractivity contribution in [2.45, 2.75) is 45.7 Å². The summed E-state index contributed by atoms with van der Waals surface area (Å²) in [5, 5.41) is 13.8. The lowest BCUT2D eigenvalue weighted by atomic mass is 10.1. The second kappa shape index (κ2) is 13.0. The number of piperidine rings is 1. The van der Waals surface area contributed by atoms with Crippen LogP contribution in [-0.4, -0.2) is 53.3 Å². The number of allylic oxidation sites excluding steroid dienone is 1. The second-order valence-corrected chi connectivity index (χ2v) is 10.7. The molecule has 9 heteroatoms. The number of nitrogens with one attached hydrogen (secondary N) is 1. The van der Waals surface area contributed by atoms with Gasteiger partial charge in [0.05, 0.1) is 12.6 Å². The molecular weight excluding hydrogens is 519 g/mol. The van der Waals surface area contributed by atoms with Gasteiger partial charge < -0.3 is 15.1 Å². The van der Waals surface area contributed by atoms with E-state index in [1.54, 1.807) is 6.07 Å². The monoisotopic (exact) mass is 550 g/mol. The van der Waals surface area contributed by atoms with Gasteiger partial charge in [-0.2, -0.15) is 0 Å². The van der Waals surface area contributed by atoms with Crippen LogP contribution < -0.4 is 5.32 Å². The molecular formula is C29H32Cl2N6O. The van der Waals surface area contributed by atoms with E-state index in [0.717, 1.165) is 36.4 Å². The van der Waals surface area contributed by atoms with Gasteiger partial charge in [-0.3, -0.25) is 9.69 Å². The molecule has 2 fully saturated rings. The van der Waals surface area contributed by atoms with E-state index in [4.69, 9.17) is 29.8 Å². The maximum absolute atomic E-state index is 13.0. The fourth-order valence-electron chi connectivity index (χ4n) is 5.10. The van der Waals surface area contributed by atoms with Crippen LogP contribution in [-0.2, 0) is 17.9 Å². The number of hydrogen-bond donors (Lipinski definition) is 1. The van der Waals surface area contributed by atoms with Crippen LogP contribution in [0.1, 0.15) is 42.4 Å². The maximum atomic E-state index is 13.0. The normalized spacial score (nSPS) is 17.2. The smallest absolute Gasteiger partial charge is 0.300 e. The molecule has 1 N–H and O–H groups in total. The largest absolute Gasteiger partial charge is 0.364 e. The molecule has 2 saturated heterocycles. The summed E-state index contributed by atoms with van der Waals surface area (Å²) in [6, 6.07) is 13.6. The molecule has 0 unspecified atom stereocenters. The molecule has 2 aliphatic heterocycles. The Morgan fingerprint density at radius 3 is 2.39 bits per heavy atom. The van der Waals surface area contributed by atoms with Crippen molar-refractivity contribution in [2.24, 2.45) is 0 Å². The predicted molar refractivity (Wildman–Crippen MR) is 151 cm³/mol. The highest BCUT2D eigenvalue weighted by atomic mass is 35.5. The van der Waals surface area contributed by atoms with E-state index in [9.17, 15) is 10.1 Å².